The molecule has 2 aromatic heterocycles. The number of nitrogens with zero attached hydrogens (tertiary/aromatic N) is 4. The molecule has 0 amide bonds. The van der Waals surface area contributed by atoms with Crippen molar-refractivity contribution in [1.82, 2.24) is 14.5 Å². The monoisotopic (exact) mass is 428 g/mol. The number of rotatable bonds is 5. The van der Waals surface area contributed by atoms with Crippen LogP contribution in [-0.4, -0.2) is 25.6 Å². The highest BCUT2D eigenvalue weighted by atomic mass is 35.5. The van der Waals surface area contributed by atoms with E-state index in [0.29, 0.717) is 28.5 Å². The van der Waals surface area contributed by atoms with E-state index in [9.17, 15) is 14.7 Å². The summed E-state index contributed by atoms with van der Waals surface area (Å²) in [5.41, 5.74) is 0.856. The molecule has 0 radical (unpaired) electrons. The van der Waals surface area contributed by atoms with E-state index in [1.807, 2.05) is 13.0 Å². The maximum absolute atomic E-state index is 12.7. The lowest BCUT2D eigenvalue weighted by atomic mass is 10.0. The van der Waals surface area contributed by atoms with Crippen LogP contribution in [0.4, 0.5) is 0 Å². The largest absolute Gasteiger partial charge is 0.477 e. The Hall–Kier alpha value is -3.21. The molecular formula is C20H14Cl2N4O3. The van der Waals surface area contributed by atoms with E-state index in [2.05, 4.69) is 9.97 Å². The summed E-state index contributed by atoms with van der Waals surface area (Å²) in [5, 5.41) is 19.2. The van der Waals surface area contributed by atoms with Gasteiger partial charge in [-0.2, -0.15) is 5.26 Å². The van der Waals surface area contributed by atoms with Gasteiger partial charge in [-0.25, -0.2) is 9.78 Å². The summed E-state index contributed by atoms with van der Waals surface area (Å²) >= 11 is 12.1. The standard InChI is InChI=1S/C20H14Cl2N4O3/c1-2-26-14(6-12-9-24-10-13(8-23)25-12)7-17(27)18(20(28)29)19(26)11-3-4-15(21)16(22)5-11/h3-5,7,9-10H,2,6H2,1H3,(H,28,29). The molecule has 3 aromatic rings. The Balaban J connectivity index is 2.27. The zero-order valence-electron chi connectivity index (χ0n) is 15.2. The van der Waals surface area contributed by atoms with Crippen LogP contribution < -0.4 is 5.43 Å². The van der Waals surface area contributed by atoms with Gasteiger partial charge in [0.25, 0.3) is 0 Å². The summed E-state index contributed by atoms with van der Waals surface area (Å²) in [6.07, 6.45) is 3.03. The molecule has 0 atom stereocenters. The lowest BCUT2D eigenvalue weighted by Gasteiger charge is -2.20. The predicted molar refractivity (Wildman–Crippen MR) is 108 cm³/mol. The van der Waals surface area contributed by atoms with Gasteiger partial charge in [0.05, 0.1) is 27.6 Å². The first-order chi connectivity index (χ1) is 13.8. The van der Waals surface area contributed by atoms with E-state index < -0.39 is 11.4 Å². The molecule has 146 valence electrons. The highest BCUT2D eigenvalue weighted by Crippen LogP contribution is 2.30. The molecule has 0 aliphatic carbocycles. The lowest BCUT2D eigenvalue weighted by Crippen LogP contribution is -2.23. The Bertz CT molecular complexity index is 1220. The van der Waals surface area contributed by atoms with Crippen molar-refractivity contribution < 1.29 is 9.90 Å². The van der Waals surface area contributed by atoms with Crippen LogP contribution >= 0.6 is 23.2 Å². The van der Waals surface area contributed by atoms with Gasteiger partial charge in [-0.05, 0) is 19.1 Å². The second kappa shape index (κ2) is 8.43. The fraction of sp³-hybridized carbons (Fsp3) is 0.150. The number of carboxylic acids is 1. The molecule has 0 unspecified atom stereocenters. The van der Waals surface area contributed by atoms with Crippen molar-refractivity contribution in [2.75, 3.05) is 0 Å². The number of benzene rings is 1. The van der Waals surface area contributed by atoms with E-state index in [0.717, 1.165) is 0 Å². The maximum Gasteiger partial charge on any atom is 0.341 e. The van der Waals surface area contributed by atoms with Crippen molar-refractivity contribution in [3.8, 4) is 17.3 Å². The molecule has 1 N–H and O–H groups in total. The summed E-state index contributed by atoms with van der Waals surface area (Å²) in [6, 6.07) is 7.87. The molecule has 0 saturated heterocycles. The molecule has 0 saturated carbocycles. The van der Waals surface area contributed by atoms with E-state index in [1.54, 1.807) is 16.7 Å². The molecule has 2 heterocycles. The first kappa shape index (κ1) is 20.5. The number of carbonyl (C=O) groups is 1. The number of nitriles is 1. The van der Waals surface area contributed by atoms with Crippen molar-refractivity contribution in [3.05, 3.63) is 79.6 Å². The van der Waals surface area contributed by atoms with E-state index >= 15 is 0 Å². The number of aromatic nitrogens is 3. The van der Waals surface area contributed by atoms with Gasteiger partial charge < -0.3 is 9.67 Å². The van der Waals surface area contributed by atoms with Gasteiger partial charge in [-0.3, -0.25) is 9.78 Å². The Morgan fingerprint density at radius 2 is 2.00 bits per heavy atom. The molecule has 0 aliphatic rings. The topological polar surface area (TPSA) is 109 Å². The van der Waals surface area contributed by atoms with Crippen molar-refractivity contribution in [2.24, 2.45) is 0 Å². The minimum absolute atomic E-state index is 0.153. The molecule has 0 fully saturated rings. The SMILES string of the molecule is CCn1c(Cc2cncc(C#N)n2)cc(=O)c(C(=O)O)c1-c1ccc(Cl)c(Cl)c1. The van der Waals surface area contributed by atoms with Crippen LogP contribution in [0.15, 0.2) is 41.5 Å². The van der Waals surface area contributed by atoms with E-state index in [4.69, 9.17) is 28.5 Å². The Kier molecular flexibility index (Phi) is 5.97. The average Bonchev–Trinajstić information content (AvgIpc) is 2.69. The number of pyridine rings is 1. The minimum atomic E-state index is -1.34. The van der Waals surface area contributed by atoms with E-state index in [-0.39, 0.29) is 28.4 Å². The van der Waals surface area contributed by atoms with Crippen molar-refractivity contribution in [3.63, 3.8) is 0 Å². The molecule has 1 aromatic carbocycles. The highest BCUT2D eigenvalue weighted by molar-refractivity contribution is 6.42. The van der Waals surface area contributed by atoms with Crippen LogP contribution in [0.25, 0.3) is 11.3 Å². The Morgan fingerprint density at radius 3 is 2.62 bits per heavy atom. The van der Waals surface area contributed by atoms with Crippen molar-refractivity contribution >= 4 is 29.2 Å². The second-order valence-electron chi connectivity index (χ2n) is 6.09. The summed E-state index contributed by atoms with van der Waals surface area (Å²) in [7, 11) is 0. The second-order valence-corrected chi connectivity index (χ2v) is 6.90. The Labute approximate surface area is 175 Å². The van der Waals surface area contributed by atoms with Gasteiger partial charge in [0.2, 0.25) is 0 Å². The minimum Gasteiger partial charge on any atom is -0.477 e. The van der Waals surface area contributed by atoms with Gasteiger partial charge in [0, 0.05) is 36.5 Å². The Morgan fingerprint density at radius 1 is 1.24 bits per heavy atom. The molecule has 0 spiro atoms. The third kappa shape index (κ3) is 4.14. The van der Waals surface area contributed by atoms with Crippen LogP contribution in [-0.2, 0) is 13.0 Å². The molecule has 0 bridgehead atoms. The lowest BCUT2D eigenvalue weighted by molar-refractivity contribution is 0.0695. The molecule has 0 aliphatic heterocycles. The molecule has 3 rings (SSSR count). The summed E-state index contributed by atoms with van der Waals surface area (Å²) in [6.45, 7) is 2.22. The van der Waals surface area contributed by atoms with Crippen LogP contribution in [0.2, 0.25) is 10.0 Å². The maximum atomic E-state index is 12.7. The van der Waals surface area contributed by atoms with Gasteiger partial charge >= 0.3 is 5.97 Å². The van der Waals surface area contributed by atoms with Gasteiger partial charge in [0.15, 0.2) is 11.1 Å². The summed E-state index contributed by atoms with van der Waals surface area (Å²) < 4.78 is 1.71. The van der Waals surface area contributed by atoms with Gasteiger partial charge in [0.1, 0.15) is 11.6 Å². The number of aromatic carboxylic acids is 1. The smallest absolute Gasteiger partial charge is 0.341 e. The first-order valence-electron chi connectivity index (χ1n) is 8.52. The predicted octanol–water partition coefficient (Wildman–Crippen LogP) is 3.79. The molecule has 29 heavy (non-hydrogen) atoms. The number of hydrogen-bond acceptors (Lipinski definition) is 5. The van der Waals surface area contributed by atoms with Crippen LogP contribution in [0, 0.1) is 11.3 Å². The first-order valence-corrected chi connectivity index (χ1v) is 9.27. The van der Waals surface area contributed by atoms with Gasteiger partial charge in [-0.1, -0.05) is 29.3 Å². The molecule has 9 heteroatoms. The quantitative estimate of drug-likeness (QED) is 0.661. The van der Waals surface area contributed by atoms with Crippen LogP contribution in [0.1, 0.15) is 34.4 Å². The zero-order chi connectivity index (χ0) is 21.1. The molecular weight excluding hydrogens is 415 g/mol. The number of halogens is 2. The van der Waals surface area contributed by atoms with E-state index in [1.165, 1.54) is 24.5 Å². The number of hydrogen-bond donors (Lipinski definition) is 1. The summed E-state index contributed by atoms with van der Waals surface area (Å²) in [5.74, 6) is -1.34. The number of carboxylic acid groups (broad SMARTS) is 1. The fourth-order valence-corrected chi connectivity index (χ4v) is 3.38. The fourth-order valence-electron chi connectivity index (χ4n) is 3.09. The normalized spacial score (nSPS) is 10.6. The molecule has 7 nitrogen and oxygen atoms in total. The highest BCUT2D eigenvalue weighted by Gasteiger charge is 2.22. The third-order valence-electron chi connectivity index (χ3n) is 4.28. The third-order valence-corrected chi connectivity index (χ3v) is 5.02. The average molecular weight is 429 g/mol. The van der Waals surface area contributed by atoms with Crippen LogP contribution in [0.5, 0.6) is 0 Å². The van der Waals surface area contributed by atoms with Crippen molar-refractivity contribution in [2.45, 2.75) is 19.9 Å². The van der Waals surface area contributed by atoms with Crippen molar-refractivity contribution in [1.29, 1.82) is 5.26 Å². The summed E-state index contributed by atoms with van der Waals surface area (Å²) in [4.78, 5) is 32.7. The van der Waals surface area contributed by atoms with Crippen LogP contribution in [0.3, 0.4) is 0 Å². The van der Waals surface area contributed by atoms with Gasteiger partial charge in [-0.15, -0.1) is 0 Å². The zero-order valence-corrected chi connectivity index (χ0v) is 16.7.